The molecule has 6 rings (SSSR count). The minimum atomic E-state index is -1.10. The van der Waals surface area contributed by atoms with Crippen LogP contribution in [0.3, 0.4) is 0 Å². The summed E-state index contributed by atoms with van der Waals surface area (Å²) in [5, 5.41) is 63.7. The molecule has 300 valence electrons. The van der Waals surface area contributed by atoms with Gasteiger partial charge in [0.25, 0.3) is 0 Å². The number of allylic oxidation sites excluding steroid dienone is 1. The molecule has 0 bridgehead atoms. The fourth-order valence-corrected chi connectivity index (χ4v) is 12.8. The molecule has 0 amide bonds. The van der Waals surface area contributed by atoms with Gasteiger partial charge in [-0.3, -0.25) is 0 Å². The number of fused-ring (bicyclic) bond motifs is 5. The third-order valence-corrected chi connectivity index (χ3v) is 16.0. The van der Waals surface area contributed by atoms with E-state index in [0.29, 0.717) is 49.9 Å². The van der Waals surface area contributed by atoms with E-state index < -0.39 is 54.8 Å². The second kappa shape index (κ2) is 15.0. The van der Waals surface area contributed by atoms with Crippen molar-refractivity contribution in [3.63, 3.8) is 0 Å². The van der Waals surface area contributed by atoms with Gasteiger partial charge in [0.05, 0.1) is 61.5 Å². The maximum absolute atomic E-state index is 12.4. The molecule has 6 aliphatic rings. The van der Waals surface area contributed by atoms with Gasteiger partial charge in [0.1, 0.15) is 0 Å². The standard InChI is InChI=1S/C42H72O10/c1-24(9-13-35(39(4,5)48)52-37-20-26(46)18-28(23-44)50-37)29-15-16-40(6)32-12-10-30-31(42(32,8)33(47)21-41(29,40)7)11-14-34(38(30,2)3)51-36-19-25(45)17-27(22-43)49-36/h10,24-29,31-37,43-48H,9,11-23H2,1-8H3/t24-,25+,26+,27+,28+,29?,31?,32+,33-,34+,35-,36+,37+,40+,41-,42+/m1/s1. The molecule has 2 heterocycles. The van der Waals surface area contributed by atoms with E-state index in [0.717, 1.165) is 44.9 Å². The minimum absolute atomic E-state index is 0.0460. The Kier molecular flexibility index (Phi) is 11.8. The molecule has 0 spiro atoms. The number of hydrogen-bond donors (Lipinski definition) is 6. The zero-order valence-electron chi connectivity index (χ0n) is 33.3. The normalized spacial score (nSPS) is 47.5. The Morgan fingerprint density at radius 1 is 0.846 bits per heavy atom. The summed E-state index contributed by atoms with van der Waals surface area (Å²) in [5.74, 6) is 1.38. The first-order valence-corrected chi connectivity index (χ1v) is 20.6. The molecule has 0 aromatic heterocycles. The number of rotatable bonds is 11. The quantitative estimate of drug-likeness (QED) is 0.155. The van der Waals surface area contributed by atoms with Crippen LogP contribution in [0.5, 0.6) is 0 Å². The molecule has 10 heteroatoms. The fourth-order valence-electron chi connectivity index (χ4n) is 12.8. The maximum Gasteiger partial charge on any atom is 0.161 e. The SMILES string of the molecule is C[C@H](CC[C@@H](O[C@H]1C[C@@H](O)C[C@@H](CO)O1)C(C)(C)O)C1CC[C@@]2(C)[C@@H]3CC=C4C(CC[C@H](O[C@H]5C[C@@H](O)C[C@@H](CO)O5)C4(C)C)[C@]3(C)[C@H](O)C[C@]12C. The van der Waals surface area contributed by atoms with Crippen LogP contribution in [0.15, 0.2) is 11.6 Å². The highest BCUT2D eigenvalue weighted by Gasteiger charge is 2.70. The maximum atomic E-state index is 12.4. The number of aliphatic hydroxyl groups is 6. The van der Waals surface area contributed by atoms with Crippen LogP contribution in [-0.4, -0.2) is 105 Å². The summed E-state index contributed by atoms with van der Waals surface area (Å²) in [6.07, 6.45) is 7.06. The van der Waals surface area contributed by atoms with Crippen molar-refractivity contribution in [1.82, 2.24) is 0 Å². The molecule has 52 heavy (non-hydrogen) atoms. The van der Waals surface area contributed by atoms with Crippen LogP contribution in [0.4, 0.5) is 0 Å². The summed E-state index contributed by atoms with van der Waals surface area (Å²) in [4.78, 5) is 0. The fraction of sp³-hybridized carbons (Fsp3) is 0.952. The Balaban J connectivity index is 1.16. The molecule has 6 N–H and O–H groups in total. The van der Waals surface area contributed by atoms with E-state index in [1.165, 1.54) is 5.57 Å². The molecule has 0 radical (unpaired) electrons. The Bertz CT molecular complexity index is 1270. The molecule has 16 atom stereocenters. The third kappa shape index (κ3) is 7.22. The first kappa shape index (κ1) is 41.0. The van der Waals surface area contributed by atoms with Crippen LogP contribution in [0.25, 0.3) is 0 Å². The molecular weight excluding hydrogens is 664 g/mol. The molecule has 2 saturated heterocycles. The summed E-state index contributed by atoms with van der Waals surface area (Å²) in [7, 11) is 0. The van der Waals surface area contributed by atoms with Crippen molar-refractivity contribution in [1.29, 1.82) is 0 Å². The van der Waals surface area contributed by atoms with Gasteiger partial charge in [-0.1, -0.05) is 53.2 Å². The van der Waals surface area contributed by atoms with Gasteiger partial charge in [0.15, 0.2) is 12.6 Å². The molecule has 3 saturated carbocycles. The van der Waals surface area contributed by atoms with Crippen molar-refractivity contribution in [2.45, 2.75) is 193 Å². The first-order valence-electron chi connectivity index (χ1n) is 20.6. The highest BCUT2D eigenvalue weighted by molar-refractivity contribution is 5.31. The summed E-state index contributed by atoms with van der Waals surface area (Å²) in [6.45, 7) is 17.5. The molecule has 10 nitrogen and oxygen atoms in total. The lowest BCUT2D eigenvalue weighted by Crippen LogP contribution is -2.64. The number of hydrogen-bond acceptors (Lipinski definition) is 10. The Labute approximate surface area is 312 Å². The van der Waals surface area contributed by atoms with Crippen molar-refractivity contribution in [3.05, 3.63) is 11.6 Å². The average molecular weight is 737 g/mol. The van der Waals surface area contributed by atoms with E-state index in [9.17, 15) is 30.6 Å². The van der Waals surface area contributed by atoms with Gasteiger partial charge >= 0.3 is 0 Å². The van der Waals surface area contributed by atoms with E-state index >= 15 is 0 Å². The zero-order valence-corrected chi connectivity index (χ0v) is 33.3. The second-order valence-electron chi connectivity index (χ2n) is 19.8. The van der Waals surface area contributed by atoms with E-state index in [2.05, 4.69) is 47.6 Å². The molecule has 4 aliphatic carbocycles. The molecule has 0 aromatic carbocycles. The summed E-state index contributed by atoms with van der Waals surface area (Å²) >= 11 is 0. The van der Waals surface area contributed by atoms with E-state index in [1.54, 1.807) is 13.8 Å². The van der Waals surface area contributed by atoms with Crippen LogP contribution in [0.2, 0.25) is 0 Å². The van der Waals surface area contributed by atoms with Gasteiger partial charge in [-0.25, -0.2) is 0 Å². The van der Waals surface area contributed by atoms with Gasteiger partial charge in [0.2, 0.25) is 0 Å². The topological polar surface area (TPSA) is 158 Å². The largest absolute Gasteiger partial charge is 0.394 e. The lowest BCUT2D eigenvalue weighted by Gasteiger charge is -2.67. The Hall–Kier alpha value is -0.660. The van der Waals surface area contributed by atoms with Crippen LogP contribution < -0.4 is 0 Å². The molecule has 5 fully saturated rings. The predicted molar refractivity (Wildman–Crippen MR) is 197 cm³/mol. The molecule has 2 aliphatic heterocycles. The van der Waals surface area contributed by atoms with Crippen LogP contribution in [0, 0.1) is 45.3 Å². The van der Waals surface area contributed by atoms with Gasteiger partial charge in [0, 0.05) is 36.5 Å². The zero-order chi connectivity index (χ0) is 38.0. The Morgan fingerprint density at radius 3 is 2.08 bits per heavy atom. The lowest BCUT2D eigenvalue weighted by molar-refractivity contribution is -0.261. The predicted octanol–water partition coefficient (Wildman–Crippen LogP) is 5.24. The van der Waals surface area contributed by atoms with Gasteiger partial charge < -0.3 is 49.6 Å². The van der Waals surface area contributed by atoms with Crippen molar-refractivity contribution >= 4 is 0 Å². The molecule has 2 unspecified atom stereocenters. The summed E-state index contributed by atoms with van der Waals surface area (Å²) in [6, 6.07) is 0. The lowest BCUT2D eigenvalue weighted by atomic mass is 9.38. The van der Waals surface area contributed by atoms with E-state index in [4.69, 9.17) is 18.9 Å². The first-order chi connectivity index (χ1) is 24.3. The van der Waals surface area contributed by atoms with E-state index in [-0.39, 0.29) is 46.9 Å². The smallest absolute Gasteiger partial charge is 0.161 e. The van der Waals surface area contributed by atoms with Crippen molar-refractivity contribution in [3.8, 4) is 0 Å². The molecule has 0 aromatic rings. The molecular formula is C42H72O10. The van der Waals surface area contributed by atoms with E-state index in [1.807, 2.05) is 0 Å². The third-order valence-electron chi connectivity index (χ3n) is 16.0. The van der Waals surface area contributed by atoms with Crippen molar-refractivity contribution < 1.29 is 49.6 Å². The summed E-state index contributed by atoms with van der Waals surface area (Å²) in [5.41, 5.74) is -0.213. The van der Waals surface area contributed by atoms with Crippen molar-refractivity contribution in [2.75, 3.05) is 13.2 Å². The minimum Gasteiger partial charge on any atom is -0.394 e. The van der Waals surface area contributed by atoms with Crippen molar-refractivity contribution in [2.24, 2.45) is 45.3 Å². The van der Waals surface area contributed by atoms with Gasteiger partial charge in [-0.2, -0.15) is 0 Å². The van der Waals surface area contributed by atoms with Crippen LogP contribution in [-0.2, 0) is 18.9 Å². The average Bonchev–Trinajstić information content (AvgIpc) is 3.33. The number of aliphatic hydroxyl groups excluding tert-OH is 5. The second-order valence-corrected chi connectivity index (χ2v) is 19.8. The highest BCUT2D eigenvalue weighted by atomic mass is 16.7. The summed E-state index contributed by atoms with van der Waals surface area (Å²) < 4.78 is 24.9. The monoisotopic (exact) mass is 737 g/mol. The van der Waals surface area contributed by atoms with Gasteiger partial charge in [-0.15, -0.1) is 0 Å². The Morgan fingerprint density at radius 2 is 1.46 bits per heavy atom. The van der Waals surface area contributed by atoms with Gasteiger partial charge in [-0.05, 0) is 99.7 Å². The highest BCUT2D eigenvalue weighted by Crippen LogP contribution is 2.75. The van der Waals surface area contributed by atoms with Crippen LogP contribution >= 0.6 is 0 Å². The number of ether oxygens (including phenoxy) is 4. The van der Waals surface area contributed by atoms with Crippen LogP contribution in [0.1, 0.15) is 132 Å².